The zero-order chi connectivity index (χ0) is 21.1. The van der Waals surface area contributed by atoms with E-state index >= 15 is 0 Å². The number of benzene rings is 2. The van der Waals surface area contributed by atoms with E-state index in [-0.39, 0.29) is 23.2 Å². The minimum Gasteiger partial charge on any atom is -0.507 e. The summed E-state index contributed by atoms with van der Waals surface area (Å²) >= 11 is 0. The maximum Gasteiger partial charge on any atom is 0.305 e. The average Bonchev–Trinajstić information content (AvgIpc) is 2.96. The molecule has 1 heterocycles. The molecular formula is C21H18FNO6. The van der Waals surface area contributed by atoms with Gasteiger partial charge in [0.25, 0.3) is 11.7 Å². The quantitative estimate of drug-likeness (QED) is 0.440. The highest BCUT2D eigenvalue weighted by molar-refractivity contribution is 6.46. The number of hydrogen-bond acceptors (Lipinski definition) is 5. The topological polar surface area (TPSA) is 104 Å². The molecular weight excluding hydrogens is 381 g/mol. The molecule has 0 radical (unpaired) electrons. The molecule has 1 aliphatic rings. The number of Topliss-reactive ketones (excluding diaryl/α,β-unsaturated/α-hetero) is 1. The molecule has 1 amide bonds. The first-order valence-corrected chi connectivity index (χ1v) is 8.74. The zero-order valence-corrected chi connectivity index (χ0v) is 15.5. The normalized spacial score (nSPS) is 18.1. The highest BCUT2D eigenvalue weighted by Gasteiger charge is 2.46. The lowest BCUT2D eigenvalue weighted by atomic mass is 9.95. The van der Waals surface area contributed by atoms with E-state index in [1.54, 1.807) is 12.1 Å². The number of ketones is 1. The van der Waals surface area contributed by atoms with Gasteiger partial charge in [-0.3, -0.25) is 14.4 Å². The highest BCUT2D eigenvalue weighted by Crippen LogP contribution is 2.40. The standard InChI is InChI=1S/C21H18FNO6/c1-29-13-8-6-12(7-9-13)19(26)17-18(14-4-2-3-5-15(14)22)23(11-10-16(24)25)21(28)20(17)27/h2-9,18,26H,10-11H2,1H3,(H,24,25)/t18-/m0/s1. The number of methoxy groups -OCH3 is 1. The molecule has 0 saturated carbocycles. The fourth-order valence-electron chi connectivity index (χ4n) is 3.25. The van der Waals surface area contributed by atoms with Gasteiger partial charge in [-0.2, -0.15) is 0 Å². The van der Waals surface area contributed by atoms with Crippen LogP contribution in [0.2, 0.25) is 0 Å². The summed E-state index contributed by atoms with van der Waals surface area (Å²) in [7, 11) is 1.47. The molecule has 8 heteroatoms. The molecule has 2 aromatic rings. The molecule has 0 aromatic heterocycles. The van der Waals surface area contributed by atoms with Crippen molar-refractivity contribution in [3.63, 3.8) is 0 Å². The summed E-state index contributed by atoms with van der Waals surface area (Å²) in [6, 6.07) is 10.4. The van der Waals surface area contributed by atoms with Crippen molar-refractivity contribution >= 4 is 23.4 Å². The van der Waals surface area contributed by atoms with Crippen LogP contribution in [0.4, 0.5) is 4.39 Å². The third kappa shape index (κ3) is 3.82. The Kier molecular flexibility index (Phi) is 5.63. The lowest BCUT2D eigenvalue weighted by molar-refractivity contribution is -0.142. The Hall–Kier alpha value is -3.68. The molecule has 150 valence electrons. The van der Waals surface area contributed by atoms with E-state index in [0.29, 0.717) is 5.75 Å². The number of halogens is 1. The van der Waals surface area contributed by atoms with Crippen LogP contribution in [0.3, 0.4) is 0 Å². The van der Waals surface area contributed by atoms with Gasteiger partial charge in [-0.05, 0) is 30.3 Å². The number of likely N-dealkylation sites (tertiary alicyclic amines) is 1. The first kappa shape index (κ1) is 20.1. The van der Waals surface area contributed by atoms with E-state index in [9.17, 15) is 23.9 Å². The molecule has 0 unspecified atom stereocenters. The predicted octanol–water partition coefficient (Wildman–Crippen LogP) is 2.73. The van der Waals surface area contributed by atoms with Gasteiger partial charge in [-0.25, -0.2) is 4.39 Å². The Labute approximate surface area is 165 Å². The van der Waals surface area contributed by atoms with Gasteiger partial charge < -0.3 is 19.8 Å². The smallest absolute Gasteiger partial charge is 0.305 e. The fourth-order valence-corrected chi connectivity index (χ4v) is 3.25. The van der Waals surface area contributed by atoms with Gasteiger partial charge >= 0.3 is 5.97 Å². The van der Waals surface area contributed by atoms with E-state index in [2.05, 4.69) is 0 Å². The lowest BCUT2D eigenvalue weighted by Gasteiger charge is -2.25. The van der Waals surface area contributed by atoms with Crippen LogP contribution >= 0.6 is 0 Å². The van der Waals surface area contributed by atoms with Crippen molar-refractivity contribution in [1.29, 1.82) is 0 Å². The molecule has 1 fully saturated rings. The lowest BCUT2D eigenvalue weighted by Crippen LogP contribution is -2.32. The van der Waals surface area contributed by atoms with E-state index < -0.39 is 41.7 Å². The first-order chi connectivity index (χ1) is 13.8. The number of aliphatic carboxylic acids is 1. The molecule has 1 atom stereocenters. The number of carbonyl (C=O) groups excluding carboxylic acids is 2. The molecule has 0 spiro atoms. The second-order valence-electron chi connectivity index (χ2n) is 6.39. The number of carbonyl (C=O) groups is 3. The summed E-state index contributed by atoms with van der Waals surface area (Å²) < 4.78 is 19.6. The number of nitrogens with zero attached hydrogens (tertiary/aromatic N) is 1. The number of rotatable bonds is 6. The SMILES string of the molecule is COc1ccc(C(O)=C2C(=O)C(=O)N(CCC(=O)O)[C@H]2c2ccccc2F)cc1. The van der Waals surface area contributed by atoms with Gasteiger partial charge in [0, 0.05) is 17.7 Å². The Balaban J connectivity index is 2.16. The van der Waals surface area contributed by atoms with Gasteiger partial charge in [0.2, 0.25) is 0 Å². The summed E-state index contributed by atoms with van der Waals surface area (Å²) in [4.78, 5) is 37.2. The van der Waals surface area contributed by atoms with Crippen molar-refractivity contribution in [3.05, 3.63) is 71.0 Å². The highest BCUT2D eigenvalue weighted by atomic mass is 19.1. The monoisotopic (exact) mass is 399 g/mol. The second-order valence-corrected chi connectivity index (χ2v) is 6.39. The number of ether oxygens (including phenoxy) is 1. The summed E-state index contributed by atoms with van der Waals surface area (Å²) in [6.45, 7) is -0.307. The van der Waals surface area contributed by atoms with E-state index in [1.807, 2.05) is 0 Å². The molecule has 3 rings (SSSR count). The van der Waals surface area contributed by atoms with Crippen LogP contribution in [0.5, 0.6) is 5.75 Å². The first-order valence-electron chi connectivity index (χ1n) is 8.74. The van der Waals surface area contributed by atoms with Gasteiger partial charge in [0.1, 0.15) is 17.3 Å². The molecule has 0 bridgehead atoms. The number of aliphatic hydroxyl groups is 1. The second kappa shape index (κ2) is 8.14. The Morgan fingerprint density at radius 1 is 1.10 bits per heavy atom. The summed E-state index contributed by atoms with van der Waals surface area (Å²) in [6.07, 6.45) is -0.430. The van der Waals surface area contributed by atoms with Gasteiger partial charge in [0.05, 0.1) is 25.1 Å². The van der Waals surface area contributed by atoms with Crippen molar-refractivity contribution in [2.24, 2.45) is 0 Å². The molecule has 29 heavy (non-hydrogen) atoms. The molecule has 0 aliphatic carbocycles. The van der Waals surface area contributed by atoms with Crippen molar-refractivity contribution in [2.45, 2.75) is 12.5 Å². The van der Waals surface area contributed by atoms with Crippen LogP contribution in [0.1, 0.15) is 23.6 Å². The minimum atomic E-state index is -1.24. The predicted molar refractivity (Wildman–Crippen MR) is 101 cm³/mol. The van der Waals surface area contributed by atoms with Gasteiger partial charge in [-0.1, -0.05) is 18.2 Å². The third-order valence-corrected chi connectivity index (χ3v) is 4.67. The number of carboxylic acids is 1. The van der Waals surface area contributed by atoms with Gasteiger partial charge in [0.15, 0.2) is 0 Å². The van der Waals surface area contributed by atoms with Crippen molar-refractivity contribution in [2.75, 3.05) is 13.7 Å². The van der Waals surface area contributed by atoms with Crippen LogP contribution in [0, 0.1) is 5.82 Å². The third-order valence-electron chi connectivity index (χ3n) is 4.67. The number of amides is 1. The van der Waals surface area contributed by atoms with E-state index in [1.165, 1.54) is 43.5 Å². The van der Waals surface area contributed by atoms with Crippen molar-refractivity contribution < 1.29 is 33.7 Å². The van der Waals surface area contributed by atoms with Crippen LogP contribution < -0.4 is 4.74 Å². The summed E-state index contributed by atoms with van der Waals surface area (Å²) in [5.41, 5.74) is -0.0637. The van der Waals surface area contributed by atoms with E-state index in [4.69, 9.17) is 9.84 Å². The molecule has 1 aliphatic heterocycles. The summed E-state index contributed by atoms with van der Waals surface area (Å²) in [5.74, 6) is -3.80. The van der Waals surface area contributed by atoms with E-state index in [0.717, 1.165) is 4.90 Å². The van der Waals surface area contributed by atoms with Crippen molar-refractivity contribution in [3.8, 4) is 5.75 Å². The van der Waals surface area contributed by atoms with Crippen LogP contribution in [-0.4, -0.2) is 46.4 Å². The Bertz CT molecular complexity index is 998. The van der Waals surface area contributed by atoms with Gasteiger partial charge in [-0.15, -0.1) is 0 Å². The Morgan fingerprint density at radius 3 is 2.34 bits per heavy atom. The zero-order valence-electron chi connectivity index (χ0n) is 15.5. The number of carboxylic acid groups (broad SMARTS) is 1. The maximum absolute atomic E-state index is 14.5. The molecule has 1 saturated heterocycles. The minimum absolute atomic E-state index is 0.00727. The largest absolute Gasteiger partial charge is 0.507 e. The average molecular weight is 399 g/mol. The van der Waals surface area contributed by atoms with Crippen LogP contribution in [-0.2, 0) is 14.4 Å². The van der Waals surface area contributed by atoms with Crippen molar-refractivity contribution in [1.82, 2.24) is 4.90 Å². The number of aliphatic hydroxyl groups excluding tert-OH is 1. The molecule has 2 aromatic carbocycles. The fraction of sp³-hybridized carbons (Fsp3) is 0.190. The van der Waals surface area contributed by atoms with Crippen LogP contribution in [0.15, 0.2) is 54.1 Å². The maximum atomic E-state index is 14.5. The Morgan fingerprint density at radius 2 is 1.76 bits per heavy atom. The van der Waals surface area contributed by atoms with Crippen LogP contribution in [0.25, 0.3) is 5.76 Å². The number of hydrogen-bond donors (Lipinski definition) is 2. The molecule has 7 nitrogen and oxygen atoms in total. The summed E-state index contributed by atoms with van der Waals surface area (Å²) in [5, 5.41) is 19.8. The molecule has 2 N–H and O–H groups in total.